The van der Waals surface area contributed by atoms with Gasteiger partial charge in [-0.15, -0.1) is 12.4 Å². The van der Waals surface area contributed by atoms with Crippen molar-refractivity contribution in [2.45, 2.75) is 44.2 Å². The van der Waals surface area contributed by atoms with Crippen LogP contribution in [-0.2, 0) is 9.59 Å². The SMILES string of the molecule is Cl.O=C(CCC1CCNC1)NC1CCN(C(=O)C2COc3ccccc3O2)CC1. The Hall–Kier alpha value is -1.99. The minimum atomic E-state index is -0.596. The number of piperidine rings is 1. The van der Waals surface area contributed by atoms with Crippen molar-refractivity contribution >= 4 is 24.2 Å². The predicted molar refractivity (Wildman–Crippen MR) is 112 cm³/mol. The number of fused-ring (bicyclic) bond motifs is 1. The lowest BCUT2D eigenvalue weighted by Crippen LogP contribution is -2.52. The van der Waals surface area contributed by atoms with E-state index in [9.17, 15) is 9.59 Å². The van der Waals surface area contributed by atoms with Gasteiger partial charge in [-0.1, -0.05) is 12.1 Å². The Kier molecular flexibility index (Phi) is 7.61. The maximum atomic E-state index is 12.8. The van der Waals surface area contributed by atoms with Crippen LogP contribution in [0.5, 0.6) is 11.5 Å². The molecule has 8 heteroatoms. The molecule has 4 rings (SSSR count). The molecule has 2 fully saturated rings. The van der Waals surface area contributed by atoms with Gasteiger partial charge in [-0.05, 0) is 56.8 Å². The molecule has 3 aliphatic rings. The Balaban J connectivity index is 0.00000240. The molecule has 0 bridgehead atoms. The van der Waals surface area contributed by atoms with E-state index in [1.807, 2.05) is 29.2 Å². The fraction of sp³-hybridized carbons (Fsp3) is 0.619. The number of hydrogen-bond acceptors (Lipinski definition) is 5. The number of halogens is 1. The van der Waals surface area contributed by atoms with Crippen LogP contribution in [0.25, 0.3) is 0 Å². The van der Waals surface area contributed by atoms with Crippen molar-refractivity contribution in [2.75, 3.05) is 32.8 Å². The highest BCUT2D eigenvalue weighted by Crippen LogP contribution is 2.31. The second kappa shape index (κ2) is 10.2. The van der Waals surface area contributed by atoms with Gasteiger partial charge in [0.2, 0.25) is 12.0 Å². The van der Waals surface area contributed by atoms with Crippen molar-refractivity contribution in [3.05, 3.63) is 24.3 Å². The number of para-hydroxylation sites is 2. The van der Waals surface area contributed by atoms with Gasteiger partial charge in [-0.3, -0.25) is 9.59 Å². The number of carbonyl (C=O) groups excluding carboxylic acids is 2. The zero-order valence-electron chi connectivity index (χ0n) is 16.6. The van der Waals surface area contributed by atoms with Gasteiger partial charge in [0.1, 0.15) is 6.61 Å². The smallest absolute Gasteiger partial charge is 0.267 e. The molecule has 2 saturated heterocycles. The molecule has 0 saturated carbocycles. The van der Waals surface area contributed by atoms with E-state index in [2.05, 4.69) is 10.6 Å². The molecule has 2 N–H and O–H groups in total. The maximum Gasteiger partial charge on any atom is 0.267 e. The molecule has 2 atom stereocenters. The molecule has 1 aromatic rings. The van der Waals surface area contributed by atoms with E-state index in [0.29, 0.717) is 36.9 Å². The Morgan fingerprint density at radius 2 is 1.90 bits per heavy atom. The summed E-state index contributed by atoms with van der Waals surface area (Å²) in [6.07, 6.45) is 3.69. The van der Waals surface area contributed by atoms with Gasteiger partial charge in [-0.25, -0.2) is 0 Å². The maximum absolute atomic E-state index is 12.8. The van der Waals surface area contributed by atoms with Crippen molar-refractivity contribution in [1.82, 2.24) is 15.5 Å². The van der Waals surface area contributed by atoms with Gasteiger partial charge in [-0.2, -0.15) is 0 Å². The van der Waals surface area contributed by atoms with Crippen molar-refractivity contribution in [3.8, 4) is 11.5 Å². The number of nitrogens with one attached hydrogen (secondary N) is 2. The molecule has 0 radical (unpaired) electrons. The highest BCUT2D eigenvalue weighted by Gasteiger charge is 2.33. The van der Waals surface area contributed by atoms with E-state index in [1.54, 1.807) is 0 Å². The van der Waals surface area contributed by atoms with Gasteiger partial charge in [0.15, 0.2) is 11.5 Å². The third-order valence-corrected chi connectivity index (χ3v) is 5.90. The number of amides is 2. The zero-order chi connectivity index (χ0) is 19.3. The molecule has 3 aliphatic heterocycles. The topological polar surface area (TPSA) is 79.9 Å². The lowest BCUT2D eigenvalue weighted by Gasteiger charge is -2.35. The molecular formula is C21H30ClN3O4. The number of hydrogen-bond donors (Lipinski definition) is 2. The first-order chi connectivity index (χ1) is 13.7. The van der Waals surface area contributed by atoms with Gasteiger partial charge in [0, 0.05) is 25.6 Å². The normalized spacial score (nSPS) is 23.9. The number of benzene rings is 1. The van der Waals surface area contributed by atoms with Gasteiger partial charge < -0.3 is 25.0 Å². The predicted octanol–water partition coefficient (Wildman–Crippen LogP) is 1.75. The molecule has 29 heavy (non-hydrogen) atoms. The Morgan fingerprint density at radius 1 is 1.14 bits per heavy atom. The van der Waals surface area contributed by atoms with Crippen LogP contribution in [0.15, 0.2) is 24.3 Å². The highest BCUT2D eigenvalue weighted by atomic mass is 35.5. The van der Waals surface area contributed by atoms with Crippen molar-refractivity contribution in [1.29, 1.82) is 0 Å². The molecule has 1 aromatic carbocycles. The van der Waals surface area contributed by atoms with Crippen LogP contribution in [0.2, 0.25) is 0 Å². The first-order valence-corrected chi connectivity index (χ1v) is 10.4. The average molecular weight is 424 g/mol. The zero-order valence-corrected chi connectivity index (χ0v) is 17.4. The number of carbonyl (C=O) groups is 2. The summed E-state index contributed by atoms with van der Waals surface area (Å²) in [4.78, 5) is 26.8. The fourth-order valence-electron chi connectivity index (χ4n) is 4.18. The van der Waals surface area contributed by atoms with Crippen LogP contribution >= 0.6 is 12.4 Å². The van der Waals surface area contributed by atoms with Crippen molar-refractivity contribution < 1.29 is 19.1 Å². The van der Waals surface area contributed by atoms with Gasteiger partial charge in [0.05, 0.1) is 0 Å². The highest BCUT2D eigenvalue weighted by molar-refractivity contribution is 5.85. The molecular weight excluding hydrogens is 394 g/mol. The molecule has 2 unspecified atom stereocenters. The summed E-state index contributed by atoms with van der Waals surface area (Å²) >= 11 is 0. The Bertz CT molecular complexity index is 703. The second-order valence-electron chi connectivity index (χ2n) is 7.93. The molecule has 160 valence electrons. The molecule has 0 aromatic heterocycles. The minimum absolute atomic E-state index is 0. The standard InChI is InChI=1S/C21H29N3O4.ClH/c25-20(6-5-15-7-10-22-13-15)23-16-8-11-24(12-9-16)21(26)19-14-27-17-3-1-2-4-18(17)28-19;/h1-4,15-16,19,22H,5-14H2,(H,23,25);1H. The largest absolute Gasteiger partial charge is 0.485 e. The second-order valence-corrected chi connectivity index (χ2v) is 7.93. The van der Waals surface area contributed by atoms with Crippen LogP contribution < -0.4 is 20.1 Å². The van der Waals surface area contributed by atoms with Crippen LogP contribution in [0.1, 0.15) is 32.1 Å². The van der Waals surface area contributed by atoms with Crippen LogP contribution in [0.4, 0.5) is 0 Å². The summed E-state index contributed by atoms with van der Waals surface area (Å²) in [7, 11) is 0. The number of likely N-dealkylation sites (tertiary alicyclic amines) is 1. The number of nitrogens with zero attached hydrogens (tertiary/aromatic N) is 1. The number of rotatable bonds is 5. The van der Waals surface area contributed by atoms with Crippen LogP contribution in [0, 0.1) is 5.92 Å². The van der Waals surface area contributed by atoms with E-state index < -0.39 is 6.10 Å². The first kappa shape index (κ1) is 21.7. The Morgan fingerprint density at radius 3 is 2.62 bits per heavy atom. The summed E-state index contributed by atoms with van der Waals surface area (Å²) in [5.41, 5.74) is 0. The number of ether oxygens (including phenoxy) is 2. The average Bonchev–Trinajstić information content (AvgIpc) is 3.26. The molecule has 0 spiro atoms. The van der Waals surface area contributed by atoms with E-state index in [-0.39, 0.29) is 36.9 Å². The Labute approximate surface area is 177 Å². The first-order valence-electron chi connectivity index (χ1n) is 10.4. The van der Waals surface area contributed by atoms with E-state index in [0.717, 1.165) is 32.4 Å². The molecule has 0 aliphatic carbocycles. The summed E-state index contributed by atoms with van der Waals surface area (Å²) in [6.45, 7) is 3.61. The van der Waals surface area contributed by atoms with Crippen LogP contribution in [0.3, 0.4) is 0 Å². The lowest BCUT2D eigenvalue weighted by atomic mass is 10.0. The lowest BCUT2D eigenvalue weighted by molar-refractivity contribution is -0.142. The van der Waals surface area contributed by atoms with Crippen molar-refractivity contribution in [2.24, 2.45) is 5.92 Å². The minimum Gasteiger partial charge on any atom is -0.485 e. The molecule has 7 nitrogen and oxygen atoms in total. The molecule has 3 heterocycles. The third-order valence-electron chi connectivity index (χ3n) is 5.90. The van der Waals surface area contributed by atoms with Gasteiger partial charge >= 0.3 is 0 Å². The van der Waals surface area contributed by atoms with Crippen molar-refractivity contribution in [3.63, 3.8) is 0 Å². The molecule has 2 amide bonds. The van der Waals surface area contributed by atoms with E-state index in [4.69, 9.17) is 9.47 Å². The monoisotopic (exact) mass is 423 g/mol. The summed E-state index contributed by atoms with van der Waals surface area (Å²) in [5, 5.41) is 6.48. The third kappa shape index (κ3) is 5.54. The van der Waals surface area contributed by atoms with E-state index >= 15 is 0 Å². The van der Waals surface area contributed by atoms with E-state index in [1.165, 1.54) is 6.42 Å². The van der Waals surface area contributed by atoms with Gasteiger partial charge in [0.25, 0.3) is 5.91 Å². The van der Waals surface area contributed by atoms with Crippen LogP contribution in [-0.4, -0.2) is 61.6 Å². The quantitative estimate of drug-likeness (QED) is 0.754. The summed E-state index contributed by atoms with van der Waals surface area (Å²) in [6, 6.07) is 7.56. The summed E-state index contributed by atoms with van der Waals surface area (Å²) < 4.78 is 11.5. The fourth-order valence-corrected chi connectivity index (χ4v) is 4.18. The summed E-state index contributed by atoms with van der Waals surface area (Å²) in [5.74, 6) is 2.03.